The van der Waals surface area contributed by atoms with E-state index in [9.17, 15) is 5.11 Å². The predicted octanol–water partition coefficient (Wildman–Crippen LogP) is 4.65. The molecule has 2 aromatic carbocycles. The minimum Gasteiger partial charge on any atom is -0.389 e. The summed E-state index contributed by atoms with van der Waals surface area (Å²) in [4.78, 5) is 0. The molecular formula is C22H27NO. The molecule has 2 heteroatoms. The maximum Gasteiger partial charge on any atom is 0.0768 e. The van der Waals surface area contributed by atoms with E-state index in [-0.39, 0.29) is 23.9 Å². The number of aliphatic hydroxyl groups is 1. The quantitative estimate of drug-likeness (QED) is 0.803. The summed E-state index contributed by atoms with van der Waals surface area (Å²) in [5.74, 6) is 0.181. The van der Waals surface area contributed by atoms with Crippen LogP contribution in [0.15, 0.2) is 73.3 Å². The minimum absolute atomic E-state index is 0.0906. The highest BCUT2D eigenvalue weighted by Gasteiger charge is 2.50. The molecule has 0 aliphatic carbocycles. The summed E-state index contributed by atoms with van der Waals surface area (Å²) >= 11 is 0. The Balaban J connectivity index is 2.03. The molecule has 0 spiro atoms. The second-order valence-electron chi connectivity index (χ2n) is 7.00. The third kappa shape index (κ3) is 2.92. The number of hydrogen-bond donors (Lipinski definition) is 2. The fourth-order valence-electron chi connectivity index (χ4n) is 4.17. The molecule has 1 fully saturated rings. The van der Waals surface area contributed by atoms with Crippen LogP contribution in [0.5, 0.6) is 0 Å². The van der Waals surface area contributed by atoms with Crippen molar-refractivity contribution in [3.8, 4) is 0 Å². The molecule has 1 aliphatic rings. The van der Waals surface area contributed by atoms with Crippen molar-refractivity contribution in [1.82, 2.24) is 5.32 Å². The summed E-state index contributed by atoms with van der Waals surface area (Å²) in [7, 11) is 0. The van der Waals surface area contributed by atoms with E-state index >= 15 is 0 Å². The first-order valence-corrected chi connectivity index (χ1v) is 8.77. The average Bonchev–Trinajstić information content (AvgIpc) is 2.62. The molecule has 1 aliphatic heterocycles. The normalized spacial score (nSPS) is 33.1. The number of hydrogen-bond acceptors (Lipinski definition) is 2. The fourth-order valence-corrected chi connectivity index (χ4v) is 4.17. The molecule has 1 unspecified atom stereocenters. The highest BCUT2D eigenvalue weighted by atomic mass is 16.3. The van der Waals surface area contributed by atoms with Crippen LogP contribution in [0.1, 0.15) is 43.5 Å². The number of piperidine rings is 1. The molecule has 0 aromatic heterocycles. The van der Waals surface area contributed by atoms with Gasteiger partial charge in [-0.15, -0.1) is 6.58 Å². The van der Waals surface area contributed by atoms with Gasteiger partial charge in [-0.1, -0.05) is 80.6 Å². The first kappa shape index (κ1) is 16.9. The molecule has 0 saturated carbocycles. The summed E-state index contributed by atoms with van der Waals surface area (Å²) in [5, 5.41) is 15.4. The molecule has 5 atom stereocenters. The first-order valence-electron chi connectivity index (χ1n) is 8.77. The van der Waals surface area contributed by atoms with Gasteiger partial charge in [0.05, 0.1) is 5.60 Å². The smallest absolute Gasteiger partial charge is 0.0768 e. The Kier molecular flexibility index (Phi) is 4.88. The molecule has 0 bridgehead atoms. The molecule has 2 aromatic rings. The van der Waals surface area contributed by atoms with Crippen LogP contribution < -0.4 is 5.32 Å². The third-order valence-electron chi connectivity index (χ3n) is 5.72. The molecule has 126 valence electrons. The molecular weight excluding hydrogens is 294 g/mol. The molecule has 3 rings (SSSR count). The van der Waals surface area contributed by atoms with Crippen LogP contribution in [0.3, 0.4) is 0 Å². The zero-order chi connectivity index (χ0) is 17.2. The molecule has 2 nitrogen and oxygen atoms in total. The third-order valence-corrected chi connectivity index (χ3v) is 5.72. The summed E-state index contributed by atoms with van der Waals surface area (Å²) in [6, 6.07) is 21.1. The van der Waals surface area contributed by atoms with Crippen LogP contribution in [-0.4, -0.2) is 10.7 Å². The number of nitrogens with one attached hydrogen (secondary N) is 1. The van der Waals surface area contributed by atoms with E-state index in [1.807, 2.05) is 18.2 Å². The van der Waals surface area contributed by atoms with E-state index in [0.29, 0.717) is 6.42 Å². The monoisotopic (exact) mass is 321 g/mol. The van der Waals surface area contributed by atoms with Crippen LogP contribution in [-0.2, 0) is 0 Å². The van der Waals surface area contributed by atoms with E-state index in [2.05, 4.69) is 74.3 Å². The van der Waals surface area contributed by atoms with Gasteiger partial charge in [0.1, 0.15) is 0 Å². The van der Waals surface area contributed by atoms with Gasteiger partial charge in [-0.2, -0.15) is 0 Å². The van der Waals surface area contributed by atoms with Crippen molar-refractivity contribution >= 4 is 0 Å². The van der Waals surface area contributed by atoms with Crippen LogP contribution in [0.4, 0.5) is 0 Å². The van der Waals surface area contributed by atoms with Crippen molar-refractivity contribution in [3.05, 3.63) is 84.4 Å². The maximum absolute atomic E-state index is 11.6. The average molecular weight is 321 g/mol. The Morgan fingerprint density at radius 1 is 0.917 bits per heavy atom. The van der Waals surface area contributed by atoms with Crippen molar-refractivity contribution in [2.75, 3.05) is 0 Å². The molecule has 0 radical (unpaired) electrons. The molecule has 1 heterocycles. The lowest BCUT2D eigenvalue weighted by atomic mass is 9.65. The van der Waals surface area contributed by atoms with Crippen LogP contribution in [0.2, 0.25) is 0 Å². The SMILES string of the molecule is C=CCC1(O)[C@H](C)[C@@H](c2ccccc2)N[C@@H](c2ccccc2)[C@H]1C. The van der Waals surface area contributed by atoms with Gasteiger partial charge in [0, 0.05) is 23.9 Å². The molecule has 0 amide bonds. The largest absolute Gasteiger partial charge is 0.389 e. The van der Waals surface area contributed by atoms with Crippen LogP contribution >= 0.6 is 0 Å². The lowest BCUT2D eigenvalue weighted by Crippen LogP contribution is -2.57. The highest BCUT2D eigenvalue weighted by molar-refractivity contribution is 5.28. The zero-order valence-corrected chi connectivity index (χ0v) is 14.5. The second kappa shape index (κ2) is 6.92. The number of rotatable bonds is 4. The van der Waals surface area contributed by atoms with Crippen molar-refractivity contribution in [3.63, 3.8) is 0 Å². The Morgan fingerprint density at radius 2 is 1.33 bits per heavy atom. The first-order chi connectivity index (χ1) is 11.6. The minimum atomic E-state index is -0.784. The lowest BCUT2D eigenvalue weighted by Gasteiger charge is -2.52. The summed E-state index contributed by atoms with van der Waals surface area (Å²) < 4.78 is 0. The van der Waals surface area contributed by atoms with Crippen molar-refractivity contribution in [1.29, 1.82) is 0 Å². The van der Waals surface area contributed by atoms with Gasteiger partial charge in [-0.25, -0.2) is 0 Å². The van der Waals surface area contributed by atoms with Crippen LogP contribution in [0.25, 0.3) is 0 Å². The van der Waals surface area contributed by atoms with Gasteiger partial charge in [0.2, 0.25) is 0 Å². The van der Waals surface area contributed by atoms with Crippen molar-refractivity contribution in [2.24, 2.45) is 11.8 Å². The van der Waals surface area contributed by atoms with E-state index < -0.39 is 5.60 Å². The van der Waals surface area contributed by atoms with Gasteiger partial charge < -0.3 is 10.4 Å². The Bertz CT molecular complexity index is 615. The Morgan fingerprint density at radius 3 is 1.71 bits per heavy atom. The molecule has 24 heavy (non-hydrogen) atoms. The van der Waals surface area contributed by atoms with Gasteiger partial charge in [0.15, 0.2) is 0 Å². The summed E-state index contributed by atoms with van der Waals surface area (Å²) in [5.41, 5.74) is 1.66. The Labute approximate surface area is 145 Å². The summed E-state index contributed by atoms with van der Waals surface area (Å²) in [6.07, 6.45) is 2.45. The fraction of sp³-hybridized carbons (Fsp3) is 0.364. The van der Waals surface area contributed by atoms with Gasteiger partial charge in [-0.05, 0) is 17.5 Å². The van der Waals surface area contributed by atoms with Crippen LogP contribution in [0, 0.1) is 11.8 Å². The van der Waals surface area contributed by atoms with Gasteiger partial charge >= 0.3 is 0 Å². The standard InChI is InChI=1S/C22H27NO/c1-4-15-22(24)16(2)20(18-11-7-5-8-12-18)23-21(17(22)3)19-13-9-6-10-14-19/h4-14,16-17,20-21,23-24H,1,15H2,2-3H3/t16-,17-,20-,21+,22?/m1/s1. The van der Waals surface area contributed by atoms with Crippen molar-refractivity contribution in [2.45, 2.75) is 38.0 Å². The maximum atomic E-state index is 11.6. The van der Waals surface area contributed by atoms with E-state index in [0.717, 1.165) is 0 Å². The summed E-state index contributed by atoms with van der Waals surface area (Å²) in [6.45, 7) is 8.17. The molecule has 1 saturated heterocycles. The predicted molar refractivity (Wildman–Crippen MR) is 99.6 cm³/mol. The second-order valence-corrected chi connectivity index (χ2v) is 7.00. The van der Waals surface area contributed by atoms with E-state index in [1.165, 1.54) is 11.1 Å². The Hall–Kier alpha value is -1.90. The topological polar surface area (TPSA) is 32.3 Å². The van der Waals surface area contributed by atoms with Gasteiger partial charge in [0.25, 0.3) is 0 Å². The van der Waals surface area contributed by atoms with Crippen molar-refractivity contribution < 1.29 is 5.11 Å². The van der Waals surface area contributed by atoms with E-state index in [1.54, 1.807) is 0 Å². The van der Waals surface area contributed by atoms with E-state index in [4.69, 9.17) is 0 Å². The number of benzene rings is 2. The molecule has 2 N–H and O–H groups in total. The highest BCUT2D eigenvalue weighted by Crippen LogP contribution is 2.48. The lowest BCUT2D eigenvalue weighted by molar-refractivity contribution is -0.108. The zero-order valence-electron chi connectivity index (χ0n) is 14.5. The van der Waals surface area contributed by atoms with Gasteiger partial charge in [-0.3, -0.25) is 0 Å².